The second kappa shape index (κ2) is 7.26. The van der Waals surface area contributed by atoms with E-state index in [0.717, 1.165) is 16.1 Å². The summed E-state index contributed by atoms with van der Waals surface area (Å²) in [6, 6.07) is 13.5. The summed E-state index contributed by atoms with van der Waals surface area (Å²) in [5, 5.41) is 12.8. The van der Waals surface area contributed by atoms with E-state index in [9.17, 15) is 4.79 Å². The second-order valence-electron chi connectivity index (χ2n) is 4.62. The molecule has 2 aromatic heterocycles. The minimum atomic E-state index is -0.346. The predicted octanol–water partition coefficient (Wildman–Crippen LogP) is 3.62. The molecule has 2 N–H and O–H groups in total. The van der Waals surface area contributed by atoms with E-state index in [4.69, 9.17) is 0 Å². The minimum absolute atomic E-state index is 0.309. The van der Waals surface area contributed by atoms with E-state index in [1.54, 1.807) is 35.4 Å². The zero-order chi connectivity index (χ0) is 16.1. The number of aromatic nitrogens is 2. The monoisotopic (exact) mass is 342 g/mol. The third-order valence-corrected chi connectivity index (χ3v) is 4.74. The summed E-state index contributed by atoms with van der Waals surface area (Å²) >= 11 is 3.26. The number of carbonyl (C=O) groups excluding carboxylic acids is 1. The Morgan fingerprint density at radius 1 is 1.35 bits per heavy atom. The smallest absolute Gasteiger partial charge is 0.276 e. The number of nitrogens with one attached hydrogen (secondary N) is 2. The molecule has 0 fully saturated rings. The van der Waals surface area contributed by atoms with Crippen molar-refractivity contribution in [3.63, 3.8) is 0 Å². The fraction of sp³-hybridized carbons (Fsp3) is 0.0625. The highest BCUT2D eigenvalue weighted by Gasteiger charge is 2.10. The molecule has 3 rings (SSSR count). The number of H-pyrrole nitrogens is 1. The lowest BCUT2D eigenvalue weighted by molar-refractivity contribution is 0.0950. The molecule has 3 aromatic rings. The molecular formula is C16H14N4OS2. The first-order chi connectivity index (χ1) is 11.3. The Hall–Kier alpha value is -2.38. The standard InChI is InChI=1S/C16H14N4OS2/c1-22-12-6-4-11(5-7-12)10-17-20-16(21)14-9-13(18-19-14)15-3-2-8-23-15/h2-10H,1H3,(H,18,19)(H,20,21). The van der Waals surface area contributed by atoms with Crippen LogP contribution in [0.5, 0.6) is 0 Å². The molecule has 0 saturated carbocycles. The molecule has 116 valence electrons. The van der Waals surface area contributed by atoms with Gasteiger partial charge in [0, 0.05) is 4.90 Å². The van der Waals surface area contributed by atoms with Crippen molar-refractivity contribution in [2.75, 3.05) is 6.26 Å². The highest BCUT2D eigenvalue weighted by atomic mass is 32.2. The van der Waals surface area contributed by atoms with Crippen molar-refractivity contribution in [3.05, 3.63) is 59.1 Å². The van der Waals surface area contributed by atoms with Gasteiger partial charge in [-0.3, -0.25) is 9.89 Å². The molecule has 5 nitrogen and oxygen atoms in total. The van der Waals surface area contributed by atoms with Crippen molar-refractivity contribution < 1.29 is 4.79 Å². The summed E-state index contributed by atoms with van der Waals surface area (Å²) < 4.78 is 0. The Morgan fingerprint density at radius 2 is 2.17 bits per heavy atom. The third kappa shape index (κ3) is 3.88. The Kier molecular flexibility index (Phi) is 4.89. The number of aromatic amines is 1. The normalized spacial score (nSPS) is 11.0. The first-order valence-electron chi connectivity index (χ1n) is 6.83. The van der Waals surface area contributed by atoms with Crippen molar-refractivity contribution in [1.29, 1.82) is 0 Å². The second-order valence-corrected chi connectivity index (χ2v) is 6.44. The van der Waals surface area contributed by atoms with Gasteiger partial charge in [-0.1, -0.05) is 18.2 Å². The number of amides is 1. The molecule has 0 bridgehead atoms. The predicted molar refractivity (Wildman–Crippen MR) is 95.2 cm³/mol. The van der Waals surface area contributed by atoms with E-state index in [1.807, 2.05) is 48.0 Å². The average Bonchev–Trinajstić information content (AvgIpc) is 3.26. The van der Waals surface area contributed by atoms with Gasteiger partial charge in [0.25, 0.3) is 5.91 Å². The number of hydrazone groups is 1. The molecule has 0 spiro atoms. The van der Waals surface area contributed by atoms with Crippen LogP contribution in [0.2, 0.25) is 0 Å². The fourth-order valence-corrected chi connectivity index (χ4v) is 3.01. The van der Waals surface area contributed by atoms with Gasteiger partial charge < -0.3 is 0 Å². The van der Waals surface area contributed by atoms with Crippen LogP contribution in [-0.2, 0) is 0 Å². The maximum absolute atomic E-state index is 12.0. The van der Waals surface area contributed by atoms with Gasteiger partial charge in [-0.15, -0.1) is 23.1 Å². The van der Waals surface area contributed by atoms with Gasteiger partial charge in [0.15, 0.2) is 5.69 Å². The molecule has 2 heterocycles. The molecule has 1 aromatic carbocycles. The lowest BCUT2D eigenvalue weighted by Gasteiger charge is -1.97. The Bertz CT molecular complexity index is 807. The summed E-state index contributed by atoms with van der Waals surface area (Å²) in [5.41, 5.74) is 4.53. The zero-order valence-corrected chi connectivity index (χ0v) is 13.9. The van der Waals surface area contributed by atoms with Gasteiger partial charge in [-0.2, -0.15) is 10.2 Å². The van der Waals surface area contributed by atoms with Gasteiger partial charge >= 0.3 is 0 Å². The van der Waals surface area contributed by atoms with E-state index in [0.29, 0.717) is 5.69 Å². The van der Waals surface area contributed by atoms with E-state index in [1.165, 1.54) is 4.90 Å². The molecule has 7 heteroatoms. The minimum Gasteiger partial charge on any atom is -0.276 e. The van der Waals surface area contributed by atoms with Crippen LogP contribution in [0, 0.1) is 0 Å². The molecule has 0 radical (unpaired) electrons. The number of rotatable bonds is 5. The quantitative estimate of drug-likeness (QED) is 0.423. The maximum atomic E-state index is 12.0. The SMILES string of the molecule is CSc1ccc(C=NNC(=O)c2cc(-c3cccs3)[nH]n2)cc1. The van der Waals surface area contributed by atoms with Crippen LogP contribution in [0.25, 0.3) is 10.6 Å². The molecule has 1 amide bonds. The largest absolute Gasteiger partial charge is 0.291 e. The van der Waals surface area contributed by atoms with E-state index in [-0.39, 0.29) is 5.91 Å². The van der Waals surface area contributed by atoms with Crippen LogP contribution in [0.3, 0.4) is 0 Å². The van der Waals surface area contributed by atoms with E-state index < -0.39 is 0 Å². The Labute approximate surface area is 141 Å². The number of hydrogen-bond donors (Lipinski definition) is 2. The third-order valence-electron chi connectivity index (χ3n) is 3.09. The number of benzene rings is 1. The maximum Gasteiger partial charge on any atom is 0.291 e. The average molecular weight is 342 g/mol. The van der Waals surface area contributed by atoms with Gasteiger partial charge in [0.05, 0.1) is 16.8 Å². The lowest BCUT2D eigenvalue weighted by atomic mass is 10.2. The number of thiophene rings is 1. The highest BCUT2D eigenvalue weighted by molar-refractivity contribution is 7.98. The number of carbonyl (C=O) groups is 1. The molecular weight excluding hydrogens is 328 g/mol. The molecule has 0 aliphatic rings. The molecule has 23 heavy (non-hydrogen) atoms. The van der Waals surface area contributed by atoms with Gasteiger partial charge in [-0.05, 0) is 41.5 Å². The molecule has 0 saturated heterocycles. The van der Waals surface area contributed by atoms with E-state index in [2.05, 4.69) is 20.7 Å². The molecule has 0 unspecified atom stereocenters. The van der Waals surface area contributed by atoms with Crippen molar-refractivity contribution in [1.82, 2.24) is 15.6 Å². The Balaban J connectivity index is 1.61. The van der Waals surface area contributed by atoms with Crippen LogP contribution in [0.15, 0.2) is 57.8 Å². The first-order valence-corrected chi connectivity index (χ1v) is 8.93. The van der Waals surface area contributed by atoms with Crippen molar-refractivity contribution in [2.24, 2.45) is 5.10 Å². The summed E-state index contributed by atoms with van der Waals surface area (Å²) in [6.45, 7) is 0. The van der Waals surface area contributed by atoms with Crippen molar-refractivity contribution in [2.45, 2.75) is 4.90 Å². The van der Waals surface area contributed by atoms with Gasteiger partial charge in [0.1, 0.15) is 0 Å². The fourth-order valence-electron chi connectivity index (χ4n) is 1.91. The Morgan fingerprint density at radius 3 is 2.87 bits per heavy atom. The van der Waals surface area contributed by atoms with Crippen molar-refractivity contribution >= 4 is 35.2 Å². The van der Waals surface area contributed by atoms with Crippen molar-refractivity contribution in [3.8, 4) is 10.6 Å². The molecule has 0 atom stereocenters. The first kappa shape index (κ1) is 15.5. The van der Waals surface area contributed by atoms with Gasteiger partial charge in [-0.25, -0.2) is 5.43 Å². The van der Waals surface area contributed by atoms with Crippen LogP contribution in [0.1, 0.15) is 16.1 Å². The summed E-state index contributed by atoms with van der Waals surface area (Å²) in [7, 11) is 0. The topological polar surface area (TPSA) is 70.1 Å². The summed E-state index contributed by atoms with van der Waals surface area (Å²) in [5.74, 6) is -0.346. The van der Waals surface area contributed by atoms with Crippen LogP contribution in [-0.4, -0.2) is 28.6 Å². The molecule has 0 aliphatic carbocycles. The highest BCUT2D eigenvalue weighted by Crippen LogP contribution is 2.22. The summed E-state index contributed by atoms with van der Waals surface area (Å²) in [4.78, 5) is 14.2. The van der Waals surface area contributed by atoms with E-state index >= 15 is 0 Å². The zero-order valence-electron chi connectivity index (χ0n) is 12.3. The molecule has 0 aliphatic heterocycles. The number of nitrogens with zero attached hydrogens (tertiary/aromatic N) is 2. The van der Waals surface area contributed by atoms with Crippen LogP contribution >= 0.6 is 23.1 Å². The van der Waals surface area contributed by atoms with Gasteiger partial charge in [0.2, 0.25) is 0 Å². The number of thioether (sulfide) groups is 1. The number of hydrogen-bond acceptors (Lipinski definition) is 5. The van der Waals surface area contributed by atoms with Crippen LogP contribution < -0.4 is 5.43 Å². The van der Waals surface area contributed by atoms with Crippen LogP contribution in [0.4, 0.5) is 0 Å². The summed E-state index contributed by atoms with van der Waals surface area (Å²) in [6.07, 6.45) is 3.63. The lowest BCUT2D eigenvalue weighted by Crippen LogP contribution is -2.17.